The molecule has 1 nitrogen and oxygen atoms in total. The Kier molecular flexibility index (Phi) is 2.95. The van der Waals surface area contributed by atoms with Crippen LogP contribution in [0, 0.1) is 6.92 Å². The Bertz CT molecular complexity index is 483. The lowest BCUT2D eigenvalue weighted by atomic mass is 9.98. The van der Waals surface area contributed by atoms with E-state index in [2.05, 4.69) is 44.2 Å². The first-order valence-electron chi connectivity index (χ1n) is 5.66. The van der Waals surface area contributed by atoms with Gasteiger partial charge in [-0.15, -0.1) is 0 Å². The van der Waals surface area contributed by atoms with Crippen LogP contribution in [-0.4, -0.2) is 0 Å². The second kappa shape index (κ2) is 4.40. The fourth-order valence-electron chi connectivity index (χ4n) is 1.87. The molecule has 0 atom stereocenters. The number of benzene rings is 2. The zero-order chi connectivity index (χ0) is 11.5. The van der Waals surface area contributed by atoms with Crippen molar-refractivity contribution in [3.05, 3.63) is 53.6 Å². The maximum Gasteiger partial charge on any atom is 0.0320 e. The Morgan fingerprint density at radius 3 is 2.31 bits per heavy atom. The van der Waals surface area contributed by atoms with Gasteiger partial charge in [-0.05, 0) is 47.7 Å². The van der Waals surface area contributed by atoms with Crippen LogP contribution < -0.4 is 5.73 Å². The van der Waals surface area contributed by atoms with Crippen molar-refractivity contribution in [1.82, 2.24) is 0 Å². The molecule has 82 valence electrons. The maximum absolute atomic E-state index is 5.82. The Balaban J connectivity index is 2.45. The lowest BCUT2D eigenvalue weighted by Crippen LogP contribution is -1.89. The lowest BCUT2D eigenvalue weighted by Gasteiger charge is -2.08. The third kappa shape index (κ3) is 2.08. The van der Waals surface area contributed by atoms with Gasteiger partial charge in [0.05, 0.1) is 0 Å². The quantitative estimate of drug-likeness (QED) is 0.751. The van der Waals surface area contributed by atoms with Gasteiger partial charge in [0.15, 0.2) is 0 Å². The van der Waals surface area contributed by atoms with Gasteiger partial charge in [-0.2, -0.15) is 0 Å². The molecule has 2 aromatic carbocycles. The Morgan fingerprint density at radius 1 is 1.00 bits per heavy atom. The molecule has 0 aromatic heterocycles. The second-order valence-corrected chi connectivity index (χ2v) is 4.12. The fourth-order valence-corrected chi connectivity index (χ4v) is 1.87. The summed E-state index contributed by atoms with van der Waals surface area (Å²) in [7, 11) is 0. The van der Waals surface area contributed by atoms with Crippen LogP contribution in [0.2, 0.25) is 0 Å². The van der Waals surface area contributed by atoms with Gasteiger partial charge in [-0.25, -0.2) is 0 Å². The monoisotopic (exact) mass is 211 g/mol. The van der Waals surface area contributed by atoms with Crippen molar-refractivity contribution in [2.75, 3.05) is 5.73 Å². The van der Waals surface area contributed by atoms with Crippen molar-refractivity contribution in [1.29, 1.82) is 0 Å². The number of aryl methyl sites for hydroxylation is 2. The van der Waals surface area contributed by atoms with E-state index in [1.165, 1.54) is 22.3 Å². The van der Waals surface area contributed by atoms with Crippen LogP contribution >= 0.6 is 0 Å². The van der Waals surface area contributed by atoms with Crippen LogP contribution in [-0.2, 0) is 6.42 Å². The summed E-state index contributed by atoms with van der Waals surface area (Å²) >= 11 is 0. The van der Waals surface area contributed by atoms with Crippen LogP contribution in [0.15, 0.2) is 42.5 Å². The SMILES string of the molecule is CCc1ccc(-c2cc(N)ccc2C)cc1. The van der Waals surface area contributed by atoms with Gasteiger partial charge in [0.2, 0.25) is 0 Å². The highest BCUT2D eigenvalue weighted by Crippen LogP contribution is 2.25. The molecule has 0 spiro atoms. The molecule has 0 radical (unpaired) electrons. The molecule has 0 heterocycles. The number of hydrogen-bond acceptors (Lipinski definition) is 1. The van der Waals surface area contributed by atoms with Crippen LogP contribution in [0.3, 0.4) is 0 Å². The van der Waals surface area contributed by atoms with Crippen molar-refractivity contribution in [3.63, 3.8) is 0 Å². The number of anilines is 1. The average Bonchev–Trinajstić information content (AvgIpc) is 2.32. The standard InChI is InChI=1S/C15H17N/c1-3-12-5-7-13(8-6-12)15-10-14(16)9-4-11(15)2/h4-10H,3,16H2,1-2H3. The van der Waals surface area contributed by atoms with Gasteiger partial charge < -0.3 is 5.73 Å². The molecule has 0 saturated carbocycles. The zero-order valence-electron chi connectivity index (χ0n) is 9.83. The van der Waals surface area contributed by atoms with E-state index in [0.717, 1.165) is 12.1 Å². The third-order valence-electron chi connectivity index (χ3n) is 2.93. The summed E-state index contributed by atoms with van der Waals surface area (Å²) in [5, 5.41) is 0. The van der Waals surface area contributed by atoms with Crippen molar-refractivity contribution in [2.45, 2.75) is 20.3 Å². The third-order valence-corrected chi connectivity index (χ3v) is 2.93. The van der Waals surface area contributed by atoms with Crippen LogP contribution in [0.25, 0.3) is 11.1 Å². The van der Waals surface area contributed by atoms with E-state index in [1.807, 2.05) is 12.1 Å². The van der Waals surface area contributed by atoms with Crippen molar-refractivity contribution in [3.8, 4) is 11.1 Å². The van der Waals surface area contributed by atoms with E-state index < -0.39 is 0 Å². The van der Waals surface area contributed by atoms with Gasteiger partial charge in [0.25, 0.3) is 0 Å². The summed E-state index contributed by atoms with van der Waals surface area (Å²) in [6, 6.07) is 14.7. The van der Waals surface area contributed by atoms with E-state index in [-0.39, 0.29) is 0 Å². The Hall–Kier alpha value is -1.76. The van der Waals surface area contributed by atoms with E-state index in [0.29, 0.717) is 0 Å². The van der Waals surface area contributed by atoms with E-state index >= 15 is 0 Å². The highest BCUT2D eigenvalue weighted by molar-refractivity contribution is 5.70. The summed E-state index contributed by atoms with van der Waals surface area (Å²) in [5.74, 6) is 0. The number of nitrogen functional groups attached to an aromatic ring is 1. The van der Waals surface area contributed by atoms with Crippen LogP contribution in [0.5, 0.6) is 0 Å². The molecule has 0 fully saturated rings. The summed E-state index contributed by atoms with van der Waals surface area (Å²) in [4.78, 5) is 0. The topological polar surface area (TPSA) is 26.0 Å². The molecule has 0 amide bonds. The molecule has 0 aliphatic rings. The van der Waals surface area contributed by atoms with Crippen LogP contribution in [0.1, 0.15) is 18.1 Å². The normalized spacial score (nSPS) is 10.4. The predicted octanol–water partition coefficient (Wildman–Crippen LogP) is 3.81. The molecular weight excluding hydrogens is 194 g/mol. The zero-order valence-corrected chi connectivity index (χ0v) is 9.83. The maximum atomic E-state index is 5.82. The minimum Gasteiger partial charge on any atom is -0.399 e. The van der Waals surface area contributed by atoms with Gasteiger partial charge >= 0.3 is 0 Å². The number of rotatable bonds is 2. The second-order valence-electron chi connectivity index (χ2n) is 4.12. The van der Waals surface area contributed by atoms with E-state index in [9.17, 15) is 0 Å². The minimum absolute atomic E-state index is 0.820. The molecule has 0 bridgehead atoms. The Morgan fingerprint density at radius 2 is 1.69 bits per heavy atom. The molecular formula is C15H17N. The van der Waals surface area contributed by atoms with Crippen molar-refractivity contribution < 1.29 is 0 Å². The smallest absolute Gasteiger partial charge is 0.0320 e. The molecule has 2 N–H and O–H groups in total. The molecule has 1 heteroatoms. The first-order valence-corrected chi connectivity index (χ1v) is 5.66. The van der Waals surface area contributed by atoms with Crippen molar-refractivity contribution in [2.24, 2.45) is 0 Å². The summed E-state index contributed by atoms with van der Waals surface area (Å²) in [6.45, 7) is 4.28. The minimum atomic E-state index is 0.820. The first kappa shape index (κ1) is 10.7. The summed E-state index contributed by atoms with van der Waals surface area (Å²) in [5.41, 5.74) is 11.7. The lowest BCUT2D eigenvalue weighted by molar-refractivity contribution is 1.14. The molecule has 16 heavy (non-hydrogen) atoms. The summed E-state index contributed by atoms with van der Waals surface area (Å²) < 4.78 is 0. The predicted molar refractivity (Wildman–Crippen MR) is 70.4 cm³/mol. The van der Waals surface area contributed by atoms with E-state index in [1.54, 1.807) is 0 Å². The average molecular weight is 211 g/mol. The summed E-state index contributed by atoms with van der Waals surface area (Å²) in [6.07, 6.45) is 1.08. The highest BCUT2D eigenvalue weighted by atomic mass is 14.5. The van der Waals surface area contributed by atoms with Gasteiger partial charge in [0, 0.05) is 5.69 Å². The molecule has 2 aromatic rings. The van der Waals surface area contributed by atoms with Crippen LogP contribution in [0.4, 0.5) is 5.69 Å². The Labute approximate surface area is 96.9 Å². The highest BCUT2D eigenvalue weighted by Gasteiger charge is 2.02. The molecule has 0 saturated heterocycles. The number of hydrogen-bond donors (Lipinski definition) is 1. The molecule has 2 rings (SSSR count). The largest absolute Gasteiger partial charge is 0.399 e. The molecule has 0 unspecified atom stereocenters. The molecule has 0 aliphatic heterocycles. The number of nitrogens with two attached hydrogens (primary N) is 1. The van der Waals surface area contributed by atoms with Gasteiger partial charge in [-0.1, -0.05) is 37.3 Å². The fraction of sp³-hybridized carbons (Fsp3) is 0.200. The first-order chi connectivity index (χ1) is 7.70. The molecule has 0 aliphatic carbocycles. The van der Waals surface area contributed by atoms with E-state index in [4.69, 9.17) is 5.73 Å². The van der Waals surface area contributed by atoms with Gasteiger partial charge in [0.1, 0.15) is 0 Å². The van der Waals surface area contributed by atoms with Crippen molar-refractivity contribution >= 4 is 5.69 Å². The van der Waals surface area contributed by atoms with Gasteiger partial charge in [-0.3, -0.25) is 0 Å².